The first-order valence-corrected chi connectivity index (χ1v) is 9.60. The number of methoxy groups -OCH3 is 2. The van der Waals surface area contributed by atoms with Crippen LogP contribution in [-0.4, -0.2) is 53.1 Å². The Morgan fingerprint density at radius 1 is 0.968 bits per heavy atom. The Hall–Kier alpha value is -4.14. The maximum Gasteiger partial charge on any atom is 0.251 e. The van der Waals surface area contributed by atoms with Gasteiger partial charge in [-0.2, -0.15) is 4.52 Å². The number of fused-ring (bicyclic) bond motifs is 1. The first kappa shape index (κ1) is 20.1. The predicted molar refractivity (Wildman–Crippen MR) is 114 cm³/mol. The number of aromatic nitrogens is 4. The second-order valence-corrected chi connectivity index (χ2v) is 6.51. The number of hydrogen-bond acceptors (Lipinski definition) is 7. The van der Waals surface area contributed by atoms with Gasteiger partial charge in [0.2, 0.25) is 5.88 Å². The molecule has 9 heteroatoms. The molecule has 1 amide bonds. The van der Waals surface area contributed by atoms with Crippen LogP contribution in [0.4, 0.5) is 0 Å². The van der Waals surface area contributed by atoms with Crippen molar-refractivity contribution in [3.8, 4) is 28.8 Å². The van der Waals surface area contributed by atoms with Crippen molar-refractivity contribution in [2.75, 3.05) is 27.4 Å². The van der Waals surface area contributed by atoms with E-state index < -0.39 is 0 Å². The molecule has 0 aliphatic rings. The van der Waals surface area contributed by atoms with Crippen LogP contribution in [0.3, 0.4) is 0 Å². The van der Waals surface area contributed by atoms with Crippen LogP contribution in [0, 0.1) is 0 Å². The maximum absolute atomic E-state index is 12.1. The molecule has 2 aromatic carbocycles. The number of benzene rings is 2. The molecule has 4 rings (SSSR count). The lowest BCUT2D eigenvalue weighted by Crippen LogP contribution is -2.28. The van der Waals surface area contributed by atoms with E-state index in [9.17, 15) is 4.79 Å². The molecule has 0 aliphatic heterocycles. The highest BCUT2D eigenvalue weighted by molar-refractivity contribution is 5.94. The van der Waals surface area contributed by atoms with E-state index >= 15 is 0 Å². The van der Waals surface area contributed by atoms with Gasteiger partial charge in [0.25, 0.3) is 5.91 Å². The van der Waals surface area contributed by atoms with E-state index in [4.69, 9.17) is 14.2 Å². The molecule has 0 radical (unpaired) electrons. The van der Waals surface area contributed by atoms with Gasteiger partial charge in [-0.25, -0.2) is 0 Å². The van der Waals surface area contributed by atoms with Crippen molar-refractivity contribution in [1.29, 1.82) is 0 Å². The molecule has 1 N–H and O–H groups in total. The number of ether oxygens (including phenoxy) is 3. The number of carbonyl (C=O) groups excluding carboxylic acids is 1. The molecule has 2 heterocycles. The fourth-order valence-electron chi connectivity index (χ4n) is 3.02. The Labute approximate surface area is 178 Å². The van der Waals surface area contributed by atoms with Crippen molar-refractivity contribution in [2.24, 2.45) is 0 Å². The summed E-state index contributed by atoms with van der Waals surface area (Å²) in [6.45, 7) is 0.614. The number of nitrogens with one attached hydrogen (secondary N) is 1. The van der Waals surface area contributed by atoms with Crippen LogP contribution >= 0.6 is 0 Å². The summed E-state index contributed by atoms with van der Waals surface area (Å²) in [7, 11) is 3.15. The minimum absolute atomic E-state index is 0.151. The van der Waals surface area contributed by atoms with Gasteiger partial charge in [0.1, 0.15) is 6.61 Å². The van der Waals surface area contributed by atoms with Crippen LogP contribution < -0.4 is 19.5 Å². The van der Waals surface area contributed by atoms with E-state index in [1.54, 1.807) is 49.1 Å². The minimum Gasteiger partial charge on any atom is -0.493 e. The van der Waals surface area contributed by atoms with E-state index in [0.29, 0.717) is 41.0 Å². The highest BCUT2D eigenvalue weighted by Gasteiger charge is 2.13. The fraction of sp³-hybridized carbons (Fsp3) is 0.182. The van der Waals surface area contributed by atoms with Crippen molar-refractivity contribution in [1.82, 2.24) is 25.1 Å². The van der Waals surface area contributed by atoms with Gasteiger partial charge in [-0.1, -0.05) is 18.2 Å². The summed E-state index contributed by atoms with van der Waals surface area (Å²) >= 11 is 0. The summed E-state index contributed by atoms with van der Waals surface area (Å²) < 4.78 is 17.9. The molecule has 0 bridgehead atoms. The Kier molecular flexibility index (Phi) is 5.93. The zero-order valence-electron chi connectivity index (χ0n) is 17.1. The van der Waals surface area contributed by atoms with Gasteiger partial charge in [-0.05, 0) is 36.4 Å². The molecule has 2 aromatic heterocycles. The highest BCUT2D eigenvalue weighted by Crippen LogP contribution is 2.31. The largest absolute Gasteiger partial charge is 0.493 e. The van der Waals surface area contributed by atoms with E-state index in [1.165, 1.54) is 0 Å². The lowest BCUT2D eigenvalue weighted by molar-refractivity contribution is 0.0946. The highest BCUT2D eigenvalue weighted by atomic mass is 16.5. The average Bonchev–Trinajstić information content (AvgIpc) is 3.25. The Morgan fingerprint density at radius 3 is 2.55 bits per heavy atom. The standard InChI is InChI=1S/C22H21N5O4/c1-29-17-9-8-16(14-18(17)30-2)21-25-24-19-10-11-20(26-27(19)21)31-13-12-23-22(28)15-6-4-3-5-7-15/h3-11,14H,12-13H2,1-2H3,(H,23,28). The summed E-state index contributed by atoms with van der Waals surface area (Å²) in [5.41, 5.74) is 1.95. The third-order valence-electron chi connectivity index (χ3n) is 4.55. The maximum atomic E-state index is 12.1. The smallest absolute Gasteiger partial charge is 0.251 e. The van der Waals surface area contributed by atoms with E-state index in [2.05, 4.69) is 20.6 Å². The zero-order chi connectivity index (χ0) is 21.6. The monoisotopic (exact) mass is 419 g/mol. The second kappa shape index (κ2) is 9.12. The van der Waals surface area contributed by atoms with E-state index in [0.717, 1.165) is 5.56 Å². The Morgan fingerprint density at radius 2 is 1.77 bits per heavy atom. The molecule has 0 saturated heterocycles. The van der Waals surface area contributed by atoms with Gasteiger partial charge >= 0.3 is 0 Å². The molecule has 0 spiro atoms. The van der Waals surface area contributed by atoms with Crippen molar-refractivity contribution in [3.05, 3.63) is 66.2 Å². The number of carbonyl (C=O) groups is 1. The van der Waals surface area contributed by atoms with Gasteiger partial charge in [0.05, 0.1) is 20.8 Å². The predicted octanol–water partition coefficient (Wildman–Crippen LogP) is 2.62. The van der Waals surface area contributed by atoms with Crippen LogP contribution in [0.5, 0.6) is 17.4 Å². The van der Waals surface area contributed by atoms with Crippen molar-refractivity contribution in [2.45, 2.75) is 0 Å². The summed E-state index contributed by atoms with van der Waals surface area (Å²) in [5, 5.41) is 15.7. The molecule has 0 unspecified atom stereocenters. The molecule has 0 atom stereocenters. The lowest BCUT2D eigenvalue weighted by Gasteiger charge is -2.09. The summed E-state index contributed by atoms with van der Waals surface area (Å²) in [6, 6.07) is 18.0. The second-order valence-electron chi connectivity index (χ2n) is 6.51. The first-order chi connectivity index (χ1) is 15.2. The zero-order valence-corrected chi connectivity index (χ0v) is 17.1. The van der Waals surface area contributed by atoms with Crippen LogP contribution in [0.1, 0.15) is 10.4 Å². The third-order valence-corrected chi connectivity index (χ3v) is 4.55. The van der Waals surface area contributed by atoms with Gasteiger partial charge in [0.15, 0.2) is 23.0 Å². The fourth-order valence-corrected chi connectivity index (χ4v) is 3.02. The molecular formula is C22H21N5O4. The van der Waals surface area contributed by atoms with Gasteiger partial charge in [0, 0.05) is 17.2 Å². The van der Waals surface area contributed by atoms with Crippen LogP contribution in [0.25, 0.3) is 17.0 Å². The summed E-state index contributed by atoms with van der Waals surface area (Å²) in [4.78, 5) is 12.1. The molecule has 0 fully saturated rings. The normalized spacial score (nSPS) is 10.6. The first-order valence-electron chi connectivity index (χ1n) is 9.60. The van der Waals surface area contributed by atoms with Crippen molar-refractivity contribution in [3.63, 3.8) is 0 Å². The molecule has 0 aliphatic carbocycles. The molecule has 4 aromatic rings. The Bertz CT molecular complexity index is 1190. The summed E-state index contributed by atoms with van der Waals surface area (Å²) in [6.07, 6.45) is 0. The molecular weight excluding hydrogens is 398 g/mol. The molecule has 0 saturated carbocycles. The summed E-state index contributed by atoms with van der Waals surface area (Å²) in [5.74, 6) is 1.98. The Balaban J connectivity index is 1.45. The molecule has 158 valence electrons. The number of amides is 1. The van der Waals surface area contributed by atoms with Crippen molar-refractivity contribution >= 4 is 11.6 Å². The van der Waals surface area contributed by atoms with Gasteiger partial charge in [-0.3, -0.25) is 4.79 Å². The number of nitrogens with zero attached hydrogens (tertiary/aromatic N) is 4. The third kappa shape index (κ3) is 4.40. The number of hydrogen-bond donors (Lipinski definition) is 1. The SMILES string of the molecule is COc1ccc(-c2nnc3ccc(OCCNC(=O)c4ccccc4)nn23)cc1OC. The van der Waals surface area contributed by atoms with Crippen LogP contribution in [0.2, 0.25) is 0 Å². The number of rotatable bonds is 8. The molecule has 31 heavy (non-hydrogen) atoms. The lowest BCUT2D eigenvalue weighted by atomic mass is 10.2. The topological polar surface area (TPSA) is 99.9 Å². The molecule has 9 nitrogen and oxygen atoms in total. The van der Waals surface area contributed by atoms with Crippen LogP contribution in [-0.2, 0) is 0 Å². The van der Waals surface area contributed by atoms with Gasteiger partial charge < -0.3 is 19.5 Å². The van der Waals surface area contributed by atoms with E-state index in [-0.39, 0.29) is 12.5 Å². The minimum atomic E-state index is -0.151. The van der Waals surface area contributed by atoms with Gasteiger partial charge in [-0.15, -0.1) is 15.3 Å². The van der Waals surface area contributed by atoms with Crippen molar-refractivity contribution < 1.29 is 19.0 Å². The quantitative estimate of drug-likeness (QED) is 0.438. The average molecular weight is 419 g/mol. The van der Waals surface area contributed by atoms with Crippen LogP contribution in [0.15, 0.2) is 60.7 Å². The van der Waals surface area contributed by atoms with E-state index in [1.807, 2.05) is 30.3 Å².